The van der Waals surface area contributed by atoms with Crippen molar-refractivity contribution < 1.29 is 9.90 Å². The number of rotatable bonds is 3. The number of aromatic hydroxyl groups is 1. The fourth-order valence-electron chi connectivity index (χ4n) is 1.46. The van der Waals surface area contributed by atoms with E-state index >= 15 is 0 Å². The molecular formula is C12H12N2O2S. The number of thiazole rings is 1. The largest absolute Gasteiger partial charge is 0.508 e. The van der Waals surface area contributed by atoms with Gasteiger partial charge in [-0.15, -0.1) is 11.3 Å². The van der Waals surface area contributed by atoms with Crippen LogP contribution >= 0.6 is 11.3 Å². The van der Waals surface area contributed by atoms with Crippen LogP contribution in [0.3, 0.4) is 0 Å². The number of benzene rings is 1. The molecule has 2 aromatic rings. The van der Waals surface area contributed by atoms with Gasteiger partial charge in [-0.1, -0.05) is 6.07 Å². The molecule has 1 amide bonds. The van der Waals surface area contributed by atoms with Gasteiger partial charge in [0.25, 0.3) is 5.91 Å². The Kier molecular flexibility index (Phi) is 3.39. The van der Waals surface area contributed by atoms with Crippen LogP contribution in [-0.4, -0.2) is 16.0 Å². The first kappa shape index (κ1) is 11.6. The average molecular weight is 248 g/mol. The minimum atomic E-state index is -0.188. The Balaban J connectivity index is 2.07. The molecule has 1 aromatic heterocycles. The van der Waals surface area contributed by atoms with Crippen molar-refractivity contribution in [3.63, 3.8) is 0 Å². The summed E-state index contributed by atoms with van der Waals surface area (Å²) in [5, 5.41) is 12.3. The van der Waals surface area contributed by atoms with Crippen molar-refractivity contribution in [1.29, 1.82) is 0 Å². The predicted octanol–water partition coefficient (Wildman–Crippen LogP) is 2.09. The highest BCUT2D eigenvalue weighted by Gasteiger charge is 2.10. The minimum Gasteiger partial charge on any atom is -0.508 e. The van der Waals surface area contributed by atoms with Crippen LogP contribution in [0.5, 0.6) is 5.75 Å². The van der Waals surface area contributed by atoms with Gasteiger partial charge in [0.05, 0.1) is 12.1 Å². The van der Waals surface area contributed by atoms with Crippen molar-refractivity contribution in [2.75, 3.05) is 0 Å². The van der Waals surface area contributed by atoms with Crippen LogP contribution in [0.4, 0.5) is 0 Å². The summed E-state index contributed by atoms with van der Waals surface area (Å²) in [6.45, 7) is 2.18. The second kappa shape index (κ2) is 4.97. The molecule has 0 bridgehead atoms. The Morgan fingerprint density at radius 3 is 3.06 bits per heavy atom. The standard InChI is InChI=1S/C12H12N2O2S/c1-8-10(3-2-4-11(8)15)12(16)14-6-9-5-13-7-17-9/h2-5,7,15H,6H2,1H3,(H,14,16). The monoisotopic (exact) mass is 248 g/mol. The number of phenols is 1. The number of hydrogen-bond acceptors (Lipinski definition) is 4. The number of carbonyl (C=O) groups is 1. The van der Waals surface area contributed by atoms with E-state index in [4.69, 9.17) is 0 Å². The summed E-state index contributed by atoms with van der Waals surface area (Å²) < 4.78 is 0. The van der Waals surface area contributed by atoms with Crippen LogP contribution in [0, 0.1) is 6.92 Å². The summed E-state index contributed by atoms with van der Waals surface area (Å²) in [7, 11) is 0. The fraction of sp³-hybridized carbons (Fsp3) is 0.167. The molecule has 0 radical (unpaired) electrons. The van der Waals surface area contributed by atoms with Crippen molar-refractivity contribution >= 4 is 17.2 Å². The quantitative estimate of drug-likeness (QED) is 0.874. The summed E-state index contributed by atoms with van der Waals surface area (Å²) in [6.07, 6.45) is 1.72. The minimum absolute atomic E-state index is 0.135. The first-order valence-electron chi connectivity index (χ1n) is 5.12. The number of phenolic OH excluding ortho intramolecular Hbond substituents is 1. The number of amides is 1. The molecule has 0 aliphatic heterocycles. The predicted molar refractivity (Wildman–Crippen MR) is 66.1 cm³/mol. The van der Waals surface area contributed by atoms with Crippen molar-refractivity contribution in [3.05, 3.63) is 45.9 Å². The Labute approximate surface area is 103 Å². The van der Waals surface area contributed by atoms with Crippen LogP contribution < -0.4 is 5.32 Å². The summed E-state index contributed by atoms with van der Waals surface area (Å²) in [6, 6.07) is 4.91. The maximum atomic E-state index is 11.9. The second-order valence-corrected chi connectivity index (χ2v) is 4.57. The maximum absolute atomic E-state index is 11.9. The van der Waals surface area contributed by atoms with Gasteiger partial charge >= 0.3 is 0 Å². The number of hydrogen-bond donors (Lipinski definition) is 2. The molecule has 2 rings (SSSR count). The number of nitrogens with zero attached hydrogens (tertiary/aromatic N) is 1. The maximum Gasteiger partial charge on any atom is 0.251 e. The molecule has 17 heavy (non-hydrogen) atoms. The highest BCUT2D eigenvalue weighted by atomic mass is 32.1. The van der Waals surface area contributed by atoms with Crippen molar-refractivity contribution in [1.82, 2.24) is 10.3 Å². The Bertz CT molecular complexity index is 523. The molecule has 0 saturated carbocycles. The zero-order valence-corrected chi connectivity index (χ0v) is 10.1. The molecule has 0 aliphatic rings. The third kappa shape index (κ3) is 2.62. The first-order chi connectivity index (χ1) is 8.18. The summed E-state index contributed by atoms with van der Waals surface area (Å²) in [5.41, 5.74) is 2.81. The molecule has 1 aromatic carbocycles. The van der Waals surface area contributed by atoms with E-state index in [1.807, 2.05) is 0 Å². The van der Waals surface area contributed by atoms with E-state index in [0.717, 1.165) is 4.88 Å². The number of aromatic nitrogens is 1. The van der Waals surface area contributed by atoms with E-state index in [1.54, 1.807) is 36.8 Å². The second-order valence-electron chi connectivity index (χ2n) is 3.60. The lowest BCUT2D eigenvalue weighted by Crippen LogP contribution is -2.23. The molecule has 5 heteroatoms. The molecule has 0 unspecified atom stereocenters. The van der Waals surface area contributed by atoms with Crippen LogP contribution in [-0.2, 0) is 6.54 Å². The van der Waals surface area contributed by atoms with Crippen LogP contribution in [0.15, 0.2) is 29.9 Å². The highest BCUT2D eigenvalue weighted by molar-refractivity contribution is 7.09. The lowest BCUT2D eigenvalue weighted by Gasteiger charge is -2.07. The third-order valence-corrected chi connectivity index (χ3v) is 3.24. The van der Waals surface area contributed by atoms with E-state index < -0.39 is 0 Å². The lowest BCUT2D eigenvalue weighted by molar-refractivity contribution is 0.0950. The normalized spacial score (nSPS) is 10.2. The molecular weight excluding hydrogens is 236 g/mol. The lowest BCUT2D eigenvalue weighted by atomic mass is 10.1. The third-order valence-electron chi connectivity index (χ3n) is 2.46. The van der Waals surface area contributed by atoms with E-state index in [0.29, 0.717) is 17.7 Å². The van der Waals surface area contributed by atoms with Gasteiger partial charge in [0.1, 0.15) is 5.75 Å². The van der Waals surface area contributed by atoms with Gasteiger partial charge in [-0.2, -0.15) is 0 Å². The highest BCUT2D eigenvalue weighted by Crippen LogP contribution is 2.19. The zero-order chi connectivity index (χ0) is 12.3. The van der Waals surface area contributed by atoms with E-state index in [9.17, 15) is 9.90 Å². The van der Waals surface area contributed by atoms with Crippen molar-refractivity contribution in [3.8, 4) is 5.75 Å². The van der Waals surface area contributed by atoms with E-state index in [1.165, 1.54) is 11.3 Å². The van der Waals surface area contributed by atoms with Crippen molar-refractivity contribution in [2.45, 2.75) is 13.5 Å². The molecule has 2 N–H and O–H groups in total. The van der Waals surface area contributed by atoms with Gasteiger partial charge in [0.2, 0.25) is 0 Å². The summed E-state index contributed by atoms with van der Waals surface area (Å²) in [5.74, 6) is -0.0535. The molecule has 0 atom stereocenters. The SMILES string of the molecule is Cc1c(O)cccc1C(=O)NCc1cncs1. The zero-order valence-electron chi connectivity index (χ0n) is 9.30. The van der Waals surface area contributed by atoms with Gasteiger partial charge in [-0.05, 0) is 19.1 Å². The van der Waals surface area contributed by atoms with Crippen molar-refractivity contribution in [2.24, 2.45) is 0 Å². The van der Waals surface area contributed by atoms with E-state index in [2.05, 4.69) is 10.3 Å². The Morgan fingerprint density at radius 1 is 1.53 bits per heavy atom. The molecule has 0 spiro atoms. The smallest absolute Gasteiger partial charge is 0.251 e. The molecule has 4 nitrogen and oxygen atoms in total. The topological polar surface area (TPSA) is 62.2 Å². The first-order valence-corrected chi connectivity index (χ1v) is 6.00. The van der Waals surface area contributed by atoms with Gasteiger partial charge in [-0.25, -0.2) is 0 Å². The van der Waals surface area contributed by atoms with Gasteiger partial charge in [-0.3, -0.25) is 9.78 Å². The van der Waals surface area contributed by atoms with Crippen LogP contribution in [0.25, 0.3) is 0 Å². The number of carbonyl (C=O) groups excluding carboxylic acids is 1. The molecule has 0 fully saturated rings. The molecule has 88 valence electrons. The van der Waals surface area contributed by atoms with Crippen LogP contribution in [0.1, 0.15) is 20.8 Å². The fourth-order valence-corrected chi connectivity index (χ4v) is 2.00. The molecule has 0 aliphatic carbocycles. The summed E-state index contributed by atoms with van der Waals surface area (Å²) in [4.78, 5) is 16.8. The van der Waals surface area contributed by atoms with Gasteiger partial charge < -0.3 is 10.4 Å². The Morgan fingerprint density at radius 2 is 2.35 bits per heavy atom. The molecule has 0 saturated heterocycles. The average Bonchev–Trinajstić information content (AvgIpc) is 2.82. The molecule has 1 heterocycles. The number of nitrogens with one attached hydrogen (secondary N) is 1. The summed E-state index contributed by atoms with van der Waals surface area (Å²) >= 11 is 1.49. The van der Waals surface area contributed by atoms with Gasteiger partial charge in [0.15, 0.2) is 0 Å². The Hall–Kier alpha value is -1.88. The van der Waals surface area contributed by atoms with E-state index in [-0.39, 0.29) is 11.7 Å². The van der Waals surface area contributed by atoms with Gasteiger partial charge in [0, 0.05) is 22.2 Å². The van der Waals surface area contributed by atoms with Crippen LogP contribution in [0.2, 0.25) is 0 Å².